The number of piperidine rings is 1. The second-order valence-electron chi connectivity index (χ2n) is 5.72. The average Bonchev–Trinajstić information content (AvgIpc) is 2.97. The van der Waals surface area contributed by atoms with Gasteiger partial charge in [0.15, 0.2) is 0 Å². The van der Waals surface area contributed by atoms with Crippen LogP contribution in [-0.4, -0.2) is 29.2 Å². The maximum atomic E-state index is 5.84. The van der Waals surface area contributed by atoms with Gasteiger partial charge < -0.3 is 14.6 Å². The molecule has 112 valence electrons. The van der Waals surface area contributed by atoms with Crippen molar-refractivity contribution in [3.05, 3.63) is 48.0 Å². The first-order valence-corrected chi connectivity index (χ1v) is 7.73. The molecular weight excluding hydrogens is 262 g/mol. The molecule has 1 aliphatic rings. The molecule has 1 aromatic carbocycles. The van der Waals surface area contributed by atoms with Gasteiger partial charge in [-0.25, -0.2) is 4.98 Å². The molecule has 1 saturated heterocycles. The summed E-state index contributed by atoms with van der Waals surface area (Å²) in [5.41, 5.74) is 2.55. The van der Waals surface area contributed by atoms with E-state index in [4.69, 9.17) is 4.74 Å². The molecule has 0 amide bonds. The van der Waals surface area contributed by atoms with E-state index >= 15 is 0 Å². The van der Waals surface area contributed by atoms with E-state index in [1.54, 1.807) is 0 Å². The van der Waals surface area contributed by atoms with Crippen molar-refractivity contribution in [2.24, 2.45) is 0 Å². The molecule has 1 unspecified atom stereocenters. The van der Waals surface area contributed by atoms with Crippen molar-refractivity contribution in [1.82, 2.24) is 14.9 Å². The fraction of sp³-hybridized carbons (Fsp3) is 0.471. The van der Waals surface area contributed by atoms with E-state index < -0.39 is 0 Å². The highest BCUT2D eigenvalue weighted by atomic mass is 16.5. The molecule has 4 heteroatoms. The van der Waals surface area contributed by atoms with Gasteiger partial charge in [0.2, 0.25) is 0 Å². The van der Waals surface area contributed by atoms with Gasteiger partial charge in [0.25, 0.3) is 0 Å². The number of benzene rings is 1. The first-order chi connectivity index (χ1) is 10.3. The Balaban J connectivity index is 1.57. The van der Waals surface area contributed by atoms with Crippen LogP contribution in [-0.2, 0) is 6.54 Å². The summed E-state index contributed by atoms with van der Waals surface area (Å²) >= 11 is 0. The molecule has 1 fully saturated rings. The highest BCUT2D eigenvalue weighted by Gasteiger charge is 2.18. The van der Waals surface area contributed by atoms with Crippen molar-refractivity contribution < 1.29 is 4.74 Å². The van der Waals surface area contributed by atoms with Gasteiger partial charge in [-0.1, -0.05) is 12.1 Å². The summed E-state index contributed by atoms with van der Waals surface area (Å²) in [5, 5.41) is 3.47. The summed E-state index contributed by atoms with van der Waals surface area (Å²) in [7, 11) is 0. The molecule has 0 aliphatic carbocycles. The fourth-order valence-corrected chi connectivity index (χ4v) is 2.93. The smallest absolute Gasteiger partial charge is 0.119 e. The Labute approximate surface area is 126 Å². The Morgan fingerprint density at radius 2 is 2.38 bits per heavy atom. The third kappa shape index (κ3) is 3.64. The van der Waals surface area contributed by atoms with E-state index in [0.717, 1.165) is 25.4 Å². The lowest BCUT2D eigenvalue weighted by Crippen LogP contribution is -2.29. The van der Waals surface area contributed by atoms with Crippen LogP contribution in [0.4, 0.5) is 0 Å². The maximum Gasteiger partial charge on any atom is 0.119 e. The summed E-state index contributed by atoms with van der Waals surface area (Å²) in [5.74, 6) is 1.52. The third-order valence-corrected chi connectivity index (χ3v) is 4.05. The van der Waals surface area contributed by atoms with Crippen LogP contribution in [0.1, 0.15) is 30.0 Å². The van der Waals surface area contributed by atoms with E-state index in [0.29, 0.717) is 12.5 Å². The van der Waals surface area contributed by atoms with Gasteiger partial charge in [0.1, 0.15) is 12.4 Å². The Bertz CT molecular complexity index is 573. The predicted octanol–water partition coefficient (Wildman–Crippen LogP) is 2.74. The van der Waals surface area contributed by atoms with E-state index in [-0.39, 0.29) is 0 Å². The van der Waals surface area contributed by atoms with Crippen LogP contribution in [0, 0.1) is 6.92 Å². The predicted molar refractivity (Wildman–Crippen MR) is 83.7 cm³/mol. The summed E-state index contributed by atoms with van der Waals surface area (Å²) in [6.45, 7) is 5.80. The van der Waals surface area contributed by atoms with Crippen LogP contribution in [0.5, 0.6) is 5.75 Å². The molecule has 0 spiro atoms. The minimum absolute atomic E-state index is 0.584. The number of rotatable bonds is 5. The van der Waals surface area contributed by atoms with E-state index in [1.165, 1.54) is 24.1 Å². The number of hydrogen-bond donors (Lipinski definition) is 1. The number of nitrogens with one attached hydrogen (secondary N) is 1. The van der Waals surface area contributed by atoms with Crippen molar-refractivity contribution in [3.63, 3.8) is 0 Å². The molecule has 0 radical (unpaired) electrons. The quantitative estimate of drug-likeness (QED) is 0.918. The van der Waals surface area contributed by atoms with Gasteiger partial charge in [0, 0.05) is 24.4 Å². The summed E-state index contributed by atoms with van der Waals surface area (Å²) < 4.78 is 8.07. The Kier molecular flexibility index (Phi) is 4.55. The number of nitrogens with zero attached hydrogens (tertiary/aromatic N) is 2. The van der Waals surface area contributed by atoms with Gasteiger partial charge in [-0.2, -0.15) is 0 Å². The van der Waals surface area contributed by atoms with E-state index in [2.05, 4.69) is 33.9 Å². The lowest BCUT2D eigenvalue weighted by Gasteiger charge is -2.23. The number of ether oxygens (including phenoxy) is 1. The minimum atomic E-state index is 0.584. The van der Waals surface area contributed by atoms with Crippen LogP contribution in [0.25, 0.3) is 0 Å². The van der Waals surface area contributed by atoms with Crippen LogP contribution in [0.2, 0.25) is 0 Å². The summed E-state index contributed by atoms with van der Waals surface area (Å²) in [6.07, 6.45) is 6.42. The second kappa shape index (κ2) is 6.76. The minimum Gasteiger partial charge on any atom is -0.492 e. The fourth-order valence-electron chi connectivity index (χ4n) is 2.93. The standard InChI is InChI=1S/C17H23N3O/c1-14-4-2-6-16(10-14)21-9-8-20-13-19-12-17(20)15-5-3-7-18-11-15/h2,4,6,10,12-13,15,18H,3,5,7-9,11H2,1H3. The molecule has 2 aromatic rings. The normalized spacial score (nSPS) is 18.6. The molecule has 1 aromatic heterocycles. The van der Waals surface area contributed by atoms with Crippen LogP contribution in [0.3, 0.4) is 0 Å². The van der Waals surface area contributed by atoms with Crippen molar-refractivity contribution in [2.45, 2.75) is 32.2 Å². The number of imidazole rings is 1. The average molecular weight is 285 g/mol. The molecule has 0 saturated carbocycles. The van der Waals surface area contributed by atoms with Crippen LogP contribution >= 0.6 is 0 Å². The maximum absolute atomic E-state index is 5.84. The zero-order valence-electron chi connectivity index (χ0n) is 12.6. The molecule has 4 nitrogen and oxygen atoms in total. The second-order valence-corrected chi connectivity index (χ2v) is 5.72. The Morgan fingerprint density at radius 1 is 1.43 bits per heavy atom. The van der Waals surface area contributed by atoms with Crippen LogP contribution in [0.15, 0.2) is 36.8 Å². The monoisotopic (exact) mass is 285 g/mol. The molecule has 3 rings (SSSR count). The number of hydrogen-bond acceptors (Lipinski definition) is 3. The van der Waals surface area contributed by atoms with E-state index in [9.17, 15) is 0 Å². The van der Waals surface area contributed by atoms with Crippen molar-refractivity contribution in [3.8, 4) is 5.75 Å². The molecular formula is C17H23N3O. The Morgan fingerprint density at radius 3 is 3.19 bits per heavy atom. The first-order valence-electron chi connectivity index (χ1n) is 7.73. The van der Waals surface area contributed by atoms with Crippen LogP contribution < -0.4 is 10.1 Å². The van der Waals surface area contributed by atoms with Gasteiger partial charge in [-0.15, -0.1) is 0 Å². The summed E-state index contributed by atoms with van der Waals surface area (Å²) in [4.78, 5) is 4.32. The Hall–Kier alpha value is -1.81. The lowest BCUT2D eigenvalue weighted by atomic mass is 9.96. The largest absolute Gasteiger partial charge is 0.492 e. The van der Waals surface area contributed by atoms with Gasteiger partial charge >= 0.3 is 0 Å². The molecule has 1 N–H and O–H groups in total. The third-order valence-electron chi connectivity index (χ3n) is 4.05. The number of aromatic nitrogens is 2. The topological polar surface area (TPSA) is 39.1 Å². The van der Waals surface area contributed by atoms with Crippen molar-refractivity contribution >= 4 is 0 Å². The highest BCUT2D eigenvalue weighted by Crippen LogP contribution is 2.22. The number of aryl methyl sites for hydroxylation is 1. The first kappa shape index (κ1) is 14.1. The molecule has 2 heterocycles. The highest BCUT2D eigenvalue weighted by molar-refractivity contribution is 5.27. The zero-order chi connectivity index (χ0) is 14.5. The molecule has 1 atom stereocenters. The van der Waals surface area contributed by atoms with Gasteiger partial charge in [-0.3, -0.25) is 0 Å². The van der Waals surface area contributed by atoms with Crippen molar-refractivity contribution in [1.29, 1.82) is 0 Å². The molecule has 0 bridgehead atoms. The molecule has 21 heavy (non-hydrogen) atoms. The SMILES string of the molecule is Cc1cccc(OCCn2cncc2C2CCCNC2)c1. The zero-order valence-corrected chi connectivity index (χ0v) is 12.6. The van der Waals surface area contributed by atoms with E-state index in [1.807, 2.05) is 24.7 Å². The lowest BCUT2D eigenvalue weighted by molar-refractivity contribution is 0.293. The van der Waals surface area contributed by atoms with Crippen molar-refractivity contribution in [2.75, 3.05) is 19.7 Å². The summed E-state index contributed by atoms with van der Waals surface area (Å²) in [6, 6.07) is 8.19. The van der Waals surface area contributed by atoms with Gasteiger partial charge in [-0.05, 0) is 44.0 Å². The molecule has 1 aliphatic heterocycles. The van der Waals surface area contributed by atoms with Gasteiger partial charge in [0.05, 0.1) is 12.9 Å².